The highest BCUT2D eigenvalue weighted by Gasteiger charge is 2.28. The van der Waals surface area contributed by atoms with Crippen LogP contribution >= 0.6 is 0 Å². The Morgan fingerprint density at radius 1 is 1.35 bits per heavy atom. The molecular formula is C18H24N4O4. The molecule has 1 unspecified atom stereocenters. The van der Waals surface area contributed by atoms with Gasteiger partial charge in [0.2, 0.25) is 0 Å². The molecule has 1 heterocycles. The van der Waals surface area contributed by atoms with E-state index >= 15 is 0 Å². The summed E-state index contributed by atoms with van der Waals surface area (Å²) in [7, 11) is 0. The molecule has 140 valence electrons. The summed E-state index contributed by atoms with van der Waals surface area (Å²) in [6.45, 7) is 9.83. The van der Waals surface area contributed by atoms with E-state index in [4.69, 9.17) is 4.74 Å². The zero-order chi connectivity index (χ0) is 19.5. The van der Waals surface area contributed by atoms with E-state index in [9.17, 15) is 20.2 Å². The Balaban J connectivity index is 2.17. The van der Waals surface area contributed by atoms with Crippen LogP contribution in [0.15, 0.2) is 18.2 Å². The zero-order valence-electron chi connectivity index (χ0n) is 15.6. The van der Waals surface area contributed by atoms with Gasteiger partial charge in [0, 0.05) is 37.9 Å². The standard InChI is InChI=1S/C18H24N4O4/c1-13-11-20(7-8-21(12-13)17(23)26-18(2,3)4)15-5-6-16(22(24)25)14(9-15)10-19/h5-6,9,13H,7-8,11-12H2,1-4H3. The van der Waals surface area contributed by atoms with Gasteiger partial charge in [-0.05, 0) is 38.8 Å². The van der Waals surface area contributed by atoms with Crippen LogP contribution in [0.25, 0.3) is 0 Å². The maximum atomic E-state index is 12.3. The Morgan fingerprint density at radius 3 is 2.62 bits per heavy atom. The highest BCUT2D eigenvalue weighted by Crippen LogP contribution is 2.26. The number of amides is 1. The quantitative estimate of drug-likeness (QED) is 0.593. The van der Waals surface area contributed by atoms with Gasteiger partial charge in [0.05, 0.1) is 4.92 Å². The van der Waals surface area contributed by atoms with Crippen molar-refractivity contribution in [1.29, 1.82) is 5.26 Å². The maximum absolute atomic E-state index is 12.3. The van der Waals surface area contributed by atoms with Gasteiger partial charge < -0.3 is 14.5 Å². The molecule has 1 aromatic rings. The predicted molar refractivity (Wildman–Crippen MR) is 97.0 cm³/mol. The third-order valence-corrected chi connectivity index (χ3v) is 4.02. The van der Waals surface area contributed by atoms with Gasteiger partial charge in [0.25, 0.3) is 5.69 Å². The van der Waals surface area contributed by atoms with Gasteiger partial charge in [-0.25, -0.2) is 4.79 Å². The summed E-state index contributed by atoms with van der Waals surface area (Å²) in [5.74, 6) is 0.186. The lowest BCUT2D eigenvalue weighted by Crippen LogP contribution is -2.39. The number of nitro groups is 1. The molecule has 0 radical (unpaired) electrons. The molecular weight excluding hydrogens is 336 g/mol. The molecule has 0 aliphatic carbocycles. The average molecular weight is 360 g/mol. The zero-order valence-corrected chi connectivity index (χ0v) is 15.6. The molecule has 1 aliphatic heterocycles. The van der Waals surface area contributed by atoms with E-state index in [1.165, 1.54) is 12.1 Å². The van der Waals surface area contributed by atoms with Crippen LogP contribution in [-0.2, 0) is 4.74 Å². The summed E-state index contributed by atoms with van der Waals surface area (Å²) in [6, 6.07) is 6.42. The lowest BCUT2D eigenvalue weighted by atomic mass is 10.1. The first-order chi connectivity index (χ1) is 12.1. The van der Waals surface area contributed by atoms with E-state index in [1.54, 1.807) is 11.0 Å². The van der Waals surface area contributed by atoms with E-state index < -0.39 is 10.5 Å². The van der Waals surface area contributed by atoms with Crippen LogP contribution in [0, 0.1) is 27.4 Å². The second-order valence-electron chi connectivity index (χ2n) is 7.55. The average Bonchev–Trinajstić information content (AvgIpc) is 2.74. The summed E-state index contributed by atoms with van der Waals surface area (Å²) >= 11 is 0. The normalized spacial score (nSPS) is 18.0. The number of hydrogen-bond donors (Lipinski definition) is 0. The first kappa shape index (κ1) is 19.5. The number of nitrogens with zero attached hydrogens (tertiary/aromatic N) is 4. The van der Waals surface area contributed by atoms with Crippen LogP contribution in [0.1, 0.15) is 33.3 Å². The van der Waals surface area contributed by atoms with Gasteiger partial charge in [0.15, 0.2) is 0 Å². The predicted octanol–water partition coefficient (Wildman–Crippen LogP) is 3.16. The number of anilines is 1. The fourth-order valence-corrected chi connectivity index (χ4v) is 2.93. The van der Waals surface area contributed by atoms with E-state index in [0.717, 1.165) is 5.69 Å². The van der Waals surface area contributed by atoms with E-state index in [1.807, 2.05) is 38.7 Å². The molecule has 0 spiro atoms. The fourth-order valence-electron chi connectivity index (χ4n) is 2.93. The minimum Gasteiger partial charge on any atom is -0.444 e. The van der Waals surface area contributed by atoms with Crippen molar-refractivity contribution < 1.29 is 14.5 Å². The first-order valence-corrected chi connectivity index (χ1v) is 8.52. The van der Waals surface area contributed by atoms with Crippen molar-refractivity contribution >= 4 is 17.5 Å². The second kappa shape index (κ2) is 7.60. The summed E-state index contributed by atoms with van der Waals surface area (Å²) < 4.78 is 5.45. The van der Waals surface area contributed by atoms with Crippen molar-refractivity contribution in [3.05, 3.63) is 33.9 Å². The van der Waals surface area contributed by atoms with Crippen LogP contribution in [0.2, 0.25) is 0 Å². The SMILES string of the molecule is CC1CN(C(=O)OC(C)(C)C)CCN(c2ccc([N+](=O)[O-])c(C#N)c2)C1. The maximum Gasteiger partial charge on any atom is 0.410 e. The van der Waals surface area contributed by atoms with Crippen molar-refractivity contribution in [2.75, 3.05) is 31.1 Å². The molecule has 0 aromatic heterocycles. The molecule has 1 amide bonds. The van der Waals surface area contributed by atoms with Crippen molar-refractivity contribution in [2.45, 2.75) is 33.3 Å². The van der Waals surface area contributed by atoms with Crippen LogP contribution in [0.3, 0.4) is 0 Å². The number of ether oxygens (including phenoxy) is 1. The van der Waals surface area contributed by atoms with E-state index in [0.29, 0.717) is 26.2 Å². The molecule has 1 atom stereocenters. The van der Waals surface area contributed by atoms with Gasteiger partial charge in [0.1, 0.15) is 17.2 Å². The third-order valence-electron chi connectivity index (χ3n) is 4.02. The van der Waals surface area contributed by atoms with Gasteiger partial charge in [-0.1, -0.05) is 6.92 Å². The Kier molecular flexibility index (Phi) is 5.70. The molecule has 0 saturated carbocycles. The van der Waals surface area contributed by atoms with Crippen LogP contribution < -0.4 is 4.90 Å². The number of nitriles is 1. The van der Waals surface area contributed by atoms with E-state index in [-0.39, 0.29) is 23.3 Å². The molecule has 8 nitrogen and oxygen atoms in total. The van der Waals surface area contributed by atoms with Crippen LogP contribution in [-0.4, -0.2) is 47.7 Å². The minimum absolute atomic E-state index is 0.0356. The van der Waals surface area contributed by atoms with Gasteiger partial charge in [-0.3, -0.25) is 10.1 Å². The van der Waals surface area contributed by atoms with Gasteiger partial charge in [-0.2, -0.15) is 5.26 Å². The van der Waals surface area contributed by atoms with Crippen LogP contribution in [0.4, 0.5) is 16.2 Å². The molecule has 1 aromatic carbocycles. The summed E-state index contributed by atoms with van der Waals surface area (Å²) in [5, 5.41) is 20.2. The number of carbonyl (C=O) groups is 1. The Labute approximate surface area is 153 Å². The highest BCUT2D eigenvalue weighted by atomic mass is 16.6. The first-order valence-electron chi connectivity index (χ1n) is 8.52. The van der Waals surface area contributed by atoms with Gasteiger partial charge >= 0.3 is 6.09 Å². The van der Waals surface area contributed by atoms with Crippen molar-refractivity contribution in [2.24, 2.45) is 5.92 Å². The lowest BCUT2D eigenvalue weighted by molar-refractivity contribution is -0.385. The summed E-state index contributed by atoms with van der Waals surface area (Å²) in [5.41, 5.74) is 0.0276. The lowest BCUT2D eigenvalue weighted by Gasteiger charge is -2.27. The number of carbonyl (C=O) groups excluding carboxylic acids is 1. The molecule has 1 aliphatic rings. The van der Waals surface area contributed by atoms with Gasteiger partial charge in [-0.15, -0.1) is 0 Å². The minimum atomic E-state index is -0.558. The number of benzene rings is 1. The number of hydrogen-bond acceptors (Lipinski definition) is 6. The molecule has 0 bridgehead atoms. The molecule has 0 N–H and O–H groups in total. The second-order valence-corrected chi connectivity index (χ2v) is 7.55. The number of nitro benzene ring substituents is 1. The van der Waals surface area contributed by atoms with E-state index in [2.05, 4.69) is 0 Å². The van der Waals surface area contributed by atoms with Crippen molar-refractivity contribution in [1.82, 2.24) is 4.90 Å². The topological polar surface area (TPSA) is 99.7 Å². The number of rotatable bonds is 2. The Hall–Kier alpha value is -2.82. The largest absolute Gasteiger partial charge is 0.444 e. The van der Waals surface area contributed by atoms with Crippen LogP contribution in [0.5, 0.6) is 0 Å². The third kappa shape index (κ3) is 4.85. The van der Waals surface area contributed by atoms with Crippen molar-refractivity contribution in [3.8, 4) is 6.07 Å². The summed E-state index contributed by atoms with van der Waals surface area (Å²) in [6.07, 6.45) is -0.340. The Morgan fingerprint density at radius 2 is 2.04 bits per heavy atom. The fraction of sp³-hybridized carbons (Fsp3) is 0.556. The smallest absolute Gasteiger partial charge is 0.410 e. The monoisotopic (exact) mass is 360 g/mol. The molecule has 1 saturated heterocycles. The summed E-state index contributed by atoms with van der Waals surface area (Å²) in [4.78, 5) is 26.5. The molecule has 1 fully saturated rings. The Bertz CT molecular complexity index is 736. The molecule has 8 heteroatoms. The highest BCUT2D eigenvalue weighted by molar-refractivity contribution is 5.68. The van der Waals surface area contributed by atoms with Crippen molar-refractivity contribution in [3.63, 3.8) is 0 Å². The molecule has 26 heavy (non-hydrogen) atoms. The molecule has 2 rings (SSSR count).